The molecule has 7 heteroatoms. The van der Waals surface area contributed by atoms with Crippen molar-refractivity contribution in [3.8, 4) is 0 Å². The molecule has 1 aromatic heterocycles. The summed E-state index contributed by atoms with van der Waals surface area (Å²) in [6, 6.07) is 7.22. The van der Waals surface area contributed by atoms with Crippen molar-refractivity contribution >= 4 is 33.3 Å². The number of halogens is 1. The zero-order valence-corrected chi connectivity index (χ0v) is 14.4. The number of aliphatic hydroxyl groups is 1. The standard InChI is InChI=1S/C15H16BrN3O2S/c1-10(13-6-22-9-17-13)18-14(20)19-7-15(21,8-19)11-3-2-4-12(16)5-11/h2-6,9-10,21H,7-8H2,1H3,(H,18,20). The van der Waals surface area contributed by atoms with Crippen LogP contribution in [0.2, 0.25) is 0 Å². The number of thiazole rings is 1. The summed E-state index contributed by atoms with van der Waals surface area (Å²) < 4.78 is 0.915. The Morgan fingerprint density at radius 2 is 2.32 bits per heavy atom. The van der Waals surface area contributed by atoms with Gasteiger partial charge in [0.2, 0.25) is 0 Å². The molecular formula is C15H16BrN3O2S. The summed E-state index contributed by atoms with van der Waals surface area (Å²) in [6.45, 7) is 2.48. The van der Waals surface area contributed by atoms with E-state index in [9.17, 15) is 9.90 Å². The third-order valence-corrected chi connectivity index (χ3v) is 4.89. The lowest BCUT2D eigenvalue weighted by molar-refractivity contribution is -0.0819. The molecule has 0 radical (unpaired) electrons. The van der Waals surface area contributed by atoms with E-state index in [1.54, 1.807) is 10.4 Å². The Labute approximate surface area is 141 Å². The monoisotopic (exact) mass is 381 g/mol. The molecule has 1 atom stereocenters. The highest BCUT2D eigenvalue weighted by Gasteiger charge is 2.45. The Bertz CT molecular complexity index is 671. The number of carbonyl (C=O) groups excluding carboxylic acids is 1. The molecule has 22 heavy (non-hydrogen) atoms. The van der Waals surface area contributed by atoms with E-state index in [-0.39, 0.29) is 12.1 Å². The van der Waals surface area contributed by atoms with Crippen LogP contribution < -0.4 is 5.32 Å². The van der Waals surface area contributed by atoms with Crippen LogP contribution in [0.25, 0.3) is 0 Å². The van der Waals surface area contributed by atoms with E-state index < -0.39 is 5.60 Å². The smallest absolute Gasteiger partial charge is 0.318 e. The summed E-state index contributed by atoms with van der Waals surface area (Å²) in [5, 5.41) is 15.4. The van der Waals surface area contributed by atoms with E-state index in [1.165, 1.54) is 11.3 Å². The van der Waals surface area contributed by atoms with Gasteiger partial charge in [-0.25, -0.2) is 9.78 Å². The van der Waals surface area contributed by atoms with Crippen molar-refractivity contribution in [2.75, 3.05) is 13.1 Å². The molecule has 1 aliphatic rings. The van der Waals surface area contributed by atoms with Crippen molar-refractivity contribution in [3.63, 3.8) is 0 Å². The van der Waals surface area contributed by atoms with E-state index in [1.807, 2.05) is 36.6 Å². The molecule has 1 saturated heterocycles. The lowest BCUT2D eigenvalue weighted by Crippen LogP contribution is -2.63. The van der Waals surface area contributed by atoms with Gasteiger partial charge in [0.1, 0.15) is 5.60 Å². The van der Waals surface area contributed by atoms with Crippen LogP contribution in [-0.4, -0.2) is 34.1 Å². The van der Waals surface area contributed by atoms with Gasteiger partial charge in [0.05, 0.1) is 30.3 Å². The molecule has 0 saturated carbocycles. The second-order valence-electron chi connectivity index (χ2n) is 5.48. The number of amides is 2. The quantitative estimate of drug-likeness (QED) is 0.858. The second-order valence-corrected chi connectivity index (χ2v) is 7.12. The molecule has 1 aromatic carbocycles. The largest absolute Gasteiger partial charge is 0.381 e. The van der Waals surface area contributed by atoms with Crippen LogP contribution in [0.5, 0.6) is 0 Å². The van der Waals surface area contributed by atoms with Crippen LogP contribution >= 0.6 is 27.3 Å². The summed E-state index contributed by atoms with van der Waals surface area (Å²) in [6.07, 6.45) is 0. The highest BCUT2D eigenvalue weighted by atomic mass is 79.9. The number of hydrogen-bond donors (Lipinski definition) is 2. The number of rotatable bonds is 3. The molecule has 0 bridgehead atoms. The molecule has 1 aliphatic heterocycles. The first-order valence-corrected chi connectivity index (χ1v) is 8.63. The predicted molar refractivity (Wildman–Crippen MR) is 88.7 cm³/mol. The first-order chi connectivity index (χ1) is 10.5. The maximum absolute atomic E-state index is 12.2. The number of urea groups is 1. The summed E-state index contributed by atoms with van der Waals surface area (Å²) in [5.74, 6) is 0. The summed E-state index contributed by atoms with van der Waals surface area (Å²) in [7, 11) is 0. The minimum atomic E-state index is -0.967. The minimum absolute atomic E-state index is 0.140. The molecule has 2 aromatic rings. The number of hydrogen-bond acceptors (Lipinski definition) is 4. The van der Waals surface area contributed by atoms with Crippen LogP contribution in [-0.2, 0) is 5.60 Å². The zero-order chi connectivity index (χ0) is 15.7. The van der Waals surface area contributed by atoms with E-state index in [2.05, 4.69) is 26.2 Å². The highest BCUT2D eigenvalue weighted by Crippen LogP contribution is 2.33. The van der Waals surface area contributed by atoms with Gasteiger partial charge in [0.25, 0.3) is 0 Å². The van der Waals surface area contributed by atoms with Crippen molar-refractivity contribution in [1.82, 2.24) is 15.2 Å². The van der Waals surface area contributed by atoms with Gasteiger partial charge in [-0.1, -0.05) is 28.1 Å². The van der Waals surface area contributed by atoms with Crippen LogP contribution in [0, 0.1) is 0 Å². The summed E-state index contributed by atoms with van der Waals surface area (Å²) >= 11 is 4.90. The Kier molecular flexibility index (Phi) is 4.20. The zero-order valence-electron chi connectivity index (χ0n) is 12.0. The van der Waals surface area contributed by atoms with Crippen LogP contribution in [0.1, 0.15) is 24.2 Å². The first kappa shape index (κ1) is 15.5. The van der Waals surface area contributed by atoms with Crippen molar-refractivity contribution < 1.29 is 9.90 Å². The van der Waals surface area contributed by atoms with Gasteiger partial charge in [0.15, 0.2) is 0 Å². The predicted octanol–water partition coefficient (Wildman–Crippen LogP) is 2.88. The number of likely N-dealkylation sites (tertiary alicyclic amines) is 1. The highest BCUT2D eigenvalue weighted by molar-refractivity contribution is 9.10. The third kappa shape index (κ3) is 3.02. The van der Waals surface area contributed by atoms with Crippen LogP contribution in [0.3, 0.4) is 0 Å². The number of nitrogens with one attached hydrogen (secondary N) is 1. The van der Waals surface area contributed by atoms with Gasteiger partial charge >= 0.3 is 6.03 Å². The van der Waals surface area contributed by atoms with Crippen molar-refractivity contribution in [3.05, 3.63) is 50.9 Å². The van der Waals surface area contributed by atoms with Gasteiger partial charge in [-0.3, -0.25) is 0 Å². The Balaban J connectivity index is 1.59. The molecule has 0 spiro atoms. The Morgan fingerprint density at radius 1 is 1.55 bits per heavy atom. The number of β-amino-alcohol motifs (C(OH)–C–C–N with tert-alkyl or cyclic N) is 1. The number of carbonyl (C=O) groups is 1. The first-order valence-electron chi connectivity index (χ1n) is 6.90. The van der Waals surface area contributed by atoms with E-state index in [0.717, 1.165) is 15.7 Å². The molecule has 116 valence electrons. The average Bonchev–Trinajstić information content (AvgIpc) is 2.98. The average molecular weight is 382 g/mol. The molecule has 0 aliphatic carbocycles. The fourth-order valence-corrected chi connectivity index (χ4v) is 3.52. The maximum Gasteiger partial charge on any atom is 0.318 e. The summed E-state index contributed by atoms with van der Waals surface area (Å²) in [4.78, 5) is 18.0. The topological polar surface area (TPSA) is 65.5 Å². The Morgan fingerprint density at radius 3 is 2.95 bits per heavy atom. The number of nitrogens with zero attached hydrogens (tertiary/aromatic N) is 2. The minimum Gasteiger partial charge on any atom is -0.381 e. The van der Waals surface area contributed by atoms with Crippen molar-refractivity contribution in [2.24, 2.45) is 0 Å². The lowest BCUT2D eigenvalue weighted by atomic mass is 9.86. The maximum atomic E-state index is 12.2. The second kappa shape index (κ2) is 5.98. The molecule has 5 nitrogen and oxygen atoms in total. The van der Waals surface area contributed by atoms with Gasteiger partial charge in [-0.05, 0) is 24.6 Å². The third-order valence-electron chi connectivity index (χ3n) is 3.79. The van der Waals surface area contributed by atoms with E-state index in [0.29, 0.717) is 13.1 Å². The molecule has 1 fully saturated rings. The normalized spacial score (nSPS) is 17.7. The van der Waals surface area contributed by atoms with Crippen LogP contribution in [0.4, 0.5) is 4.79 Å². The van der Waals surface area contributed by atoms with Gasteiger partial charge in [-0.15, -0.1) is 11.3 Å². The fraction of sp³-hybridized carbons (Fsp3) is 0.333. The summed E-state index contributed by atoms with van der Waals surface area (Å²) in [5.41, 5.74) is 2.44. The van der Waals surface area contributed by atoms with Gasteiger partial charge in [0, 0.05) is 9.85 Å². The number of aromatic nitrogens is 1. The van der Waals surface area contributed by atoms with Crippen LogP contribution in [0.15, 0.2) is 39.6 Å². The molecule has 3 rings (SSSR count). The van der Waals surface area contributed by atoms with E-state index >= 15 is 0 Å². The molecule has 1 unspecified atom stereocenters. The molecule has 2 amide bonds. The fourth-order valence-electron chi connectivity index (χ4n) is 2.48. The Hall–Kier alpha value is -1.44. The lowest BCUT2D eigenvalue weighted by Gasteiger charge is -2.46. The molecular weight excluding hydrogens is 366 g/mol. The number of benzene rings is 1. The van der Waals surface area contributed by atoms with E-state index in [4.69, 9.17) is 0 Å². The molecule has 2 N–H and O–H groups in total. The SMILES string of the molecule is CC(NC(=O)N1CC(O)(c2cccc(Br)c2)C1)c1cscn1. The molecule has 2 heterocycles. The van der Waals surface area contributed by atoms with Gasteiger partial charge < -0.3 is 15.3 Å². The van der Waals surface area contributed by atoms with Crippen molar-refractivity contribution in [1.29, 1.82) is 0 Å². The van der Waals surface area contributed by atoms with Crippen molar-refractivity contribution in [2.45, 2.75) is 18.6 Å². The van der Waals surface area contributed by atoms with Gasteiger partial charge in [-0.2, -0.15) is 0 Å².